The minimum absolute atomic E-state index is 0. The number of rotatable bonds is 4. The van der Waals surface area contributed by atoms with Crippen molar-refractivity contribution >= 4 is 54.1 Å². The molecular weight excluding hydrogens is 461 g/mol. The van der Waals surface area contributed by atoms with E-state index in [2.05, 4.69) is 30.4 Å². The van der Waals surface area contributed by atoms with Crippen molar-refractivity contribution in [1.29, 1.82) is 0 Å². The Morgan fingerprint density at radius 2 is 1.84 bits per heavy atom. The Hall–Kier alpha value is -1.47. The topological polar surface area (TPSA) is 89.9 Å². The number of amides is 1. The zero-order valence-corrected chi connectivity index (χ0v) is 20.4. The number of fused-ring (bicyclic) bond motifs is 4. The summed E-state index contributed by atoms with van der Waals surface area (Å²) in [6, 6.07) is 4.23. The van der Waals surface area contributed by atoms with Crippen LogP contribution < -0.4 is 21.5 Å². The summed E-state index contributed by atoms with van der Waals surface area (Å²) in [4.78, 5) is 11.9. The number of nitrogens with one attached hydrogen (secondary N) is 1. The van der Waals surface area contributed by atoms with E-state index in [1.165, 1.54) is 11.1 Å². The van der Waals surface area contributed by atoms with E-state index in [9.17, 15) is 4.79 Å². The third-order valence-electron chi connectivity index (χ3n) is 5.69. The molecule has 0 saturated heterocycles. The van der Waals surface area contributed by atoms with Crippen LogP contribution in [-0.2, 0) is 24.1 Å². The molecule has 1 aliphatic carbocycles. The molecule has 0 spiro atoms. The maximum atomic E-state index is 11.9. The van der Waals surface area contributed by atoms with Crippen LogP contribution in [0.3, 0.4) is 0 Å². The highest BCUT2D eigenvalue weighted by Gasteiger charge is 2.28. The third-order valence-corrected chi connectivity index (χ3v) is 5.69. The zero-order chi connectivity index (χ0) is 19.7. The first-order valence-electron chi connectivity index (χ1n) is 10.3. The van der Waals surface area contributed by atoms with Gasteiger partial charge in [0.25, 0.3) is 0 Å². The second-order valence-corrected chi connectivity index (χ2v) is 8.43. The van der Waals surface area contributed by atoms with Crippen molar-refractivity contribution in [2.45, 2.75) is 70.8 Å². The van der Waals surface area contributed by atoms with Crippen LogP contribution in [0.15, 0.2) is 21.7 Å². The lowest BCUT2D eigenvalue weighted by molar-refractivity contribution is -0.121. The number of aryl methyl sites for hydroxylation is 2. The monoisotopic (exact) mass is 491 g/mol. The van der Waals surface area contributed by atoms with Crippen LogP contribution in [0, 0.1) is 0 Å². The molecule has 4 rings (SSSR count). The van der Waals surface area contributed by atoms with E-state index in [1.807, 2.05) is 6.07 Å². The first-order valence-corrected chi connectivity index (χ1v) is 10.3. The summed E-state index contributed by atoms with van der Waals surface area (Å²) < 4.78 is 12.3. The minimum Gasteiger partial charge on any atom is -0.487 e. The lowest BCUT2D eigenvalue weighted by Gasteiger charge is -2.33. The summed E-state index contributed by atoms with van der Waals surface area (Å²) in [7, 11) is 0. The number of carbonyl (C=O) groups is 1. The standard InChI is InChI=1S/C22H29N3O3.3ClH/c1-22(2)10-9-14-12-17-15-6-3-4-7-16(15)21(25-24-20(26)8-5-11-23)27-19(17)13-18(14)28-22;;;/h12-13H,3-11,23H2,1-2H3,(H,24,26);3*1H/b25-21+;;;. The number of benzene rings is 1. The minimum atomic E-state index is -0.168. The van der Waals surface area contributed by atoms with Gasteiger partial charge in [0, 0.05) is 23.4 Å². The van der Waals surface area contributed by atoms with Gasteiger partial charge in [-0.25, -0.2) is 5.43 Å². The molecule has 0 fully saturated rings. The van der Waals surface area contributed by atoms with Crippen molar-refractivity contribution in [3.8, 4) is 5.75 Å². The predicted molar refractivity (Wildman–Crippen MR) is 130 cm³/mol. The highest BCUT2D eigenvalue weighted by Crippen LogP contribution is 2.37. The molecule has 6 nitrogen and oxygen atoms in total. The van der Waals surface area contributed by atoms with Gasteiger partial charge in [-0.1, -0.05) is 0 Å². The van der Waals surface area contributed by atoms with E-state index < -0.39 is 0 Å². The van der Waals surface area contributed by atoms with Crippen LogP contribution in [0.25, 0.3) is 11.0 Å². The Labute approximate surface area is 201 Å². The Kier molecular flexibility index (Phi) is 10.1. The first kappa shape index (κ1) is 27.6. The maximum absolute atomic E-state index is 11.9. The molecule has 174 valence electrons. The number of hydrogen-bond acceptors (Lipinski definition) is 5. The lowest BCUT2D eigenvalue weighted by atomic mass is 9.88. The van der Waals surface area contributed by atoms with Crippen molar-refractivity contribution in [1.82, 2.24) is 5.43 Å². The molecule has 0 radical (unpaired) electrons. The smallest absolute Gasteiger partial charge is 0.240 e. The number of ether oxygens (including phenoxy) is 1. The van der Waals surface area contributed by atoms with E-state index in [0.29, 0.717) is 24.9 Å². The van der Waals surface area contributed by atoms with Crippen LogP contribution in [0.1, 0.15) is 62.6 Å². The predicted octanol–water partition coefficient (Wildman–Crippen LogP) is 4.35. The van der Waals surface area contributed by atoms with Gasteiger partial charge in [-0.2, -0.15) is 0 Å². The van der Waals surface area contributed by atoms with Gasteiger partial charge >= 0.3 is 0 Å². The highest BCUT2D eigenvalue weighted by atomic mass is 35.5. The zero-order valence-electron chi connectivity index (χ0n) is 18.0. The van der Waals surface area contributed by atoms with Gasteiger partial charge in [0.1, 0.15) is 16.9 Å². The average molecular weight is 493 g/mol. The van der Waals surface area contributed by atoms with Crippen LogP contribution in [0.4, 0.5) is 0 Å². The summed E-state index contributed by atoms with van der Waals surface area (Å²) in [6.07, 6.45) is 7.24. The fourth-order valence-corrected chi connectivity index (χ4v) is 4.13. The highest BCUT2D eigenvalue weighted by molar-refractivity contribution is 5.86. The third kappa shape index (κ3) is 6.07. The largest absolute Gasteiger partial charge is 0.487 e. The number of nitrogens with two attached hydrogens (primary N) is 1. The van der Waals surface area contributed by atoms with Gasteiger partial charge < -0.3 is 14.9 Å². The van der Waals surface area contributed by atoms with Gasteiger partial charge in [0.2, 0.25) is 11.5 Å². The Bertz CT molecular complexity index is 989. The molecule has 31 heavy (non-hydrogen) atoms. The number of carbonyl (C=O) groups excluding carboxylic acids is 1. The van der Waals surface area contributed by atoms with Crippen LogP contribution in [0.2, 0.25) is 0 Å². The van der Waals surface area contributed by atoms with E-state index in [-0.39, 0.29) is 48.7 Å². The van der Waals surface area contributed by atoms with Gasteiger partial charge in [-0.3, -0.25) is 4.79 Å². The average Bonchev–Trinajstić information content (AvgIpc) is 2.68. The Morgan fingerprint density at radius 1 is 1.13 bits per heavy atom. The van der Waals surface area contributed by atoms with Gasteiger partial charge in [-0.05, 0) is 82.5 Å². The molecule has 0 saturated carbocycles. The van der Waals surface area contributed by atoms with Crippen LogP contribution >= 0.6 is 37.2 Å². The number of hydrogen-bond donors (Lipinski definition) is 2. The summed E-state index contributed by atoms with van der Waals surface area (Å²) in [6.45, 7) is 4.72. The van der Waals surface area contributed by atoms with Crippen LogP contribution in [-0.4, -0.2) is 18.1 Å². The van der Waals surface area contributed by atoms with E-state index in [4.69, 9.17) is 14.9 Å². The van der Waals surface area contributed by atoms with Gasteiger partial charge in [-0.15, -0.1) is 42.3 Å². The molecule has 0 unspecified atom stereocenters. The summed E-state index contributed by atoms with van der Waals surface area (Å²) >= 11 is 0. The van der Waals surface area contributed by atoms with E-state index in [0.717, 1.165) is 60.8 Å². The summed E-state index contributed by atoms with van der Waals surface area (Å²) in [5.74, 6) is 0.752. The lowest BCUT2D eigenvalue weighted by Crippen LogP contribution is -2.32. The van der Waals surface area contributed by atoms with E-state index in [1.54, 1.807) is 0 Å². The van der Waals surface area contributed by atoms with Gasteiger partial charge in [0.05, 0.1) is 0 Å². The Balaban J connectivity index is 0.00000160. The molecule has 1 aromatic heterocycles. The molecule has 2 aromatic rings. The van der Waals surface area contributed by atoms with Crippen molar-refractivity contribution in [3.05, 3.63) is 34.4 Å². The van der Waals surface area contributed by atoms with Crippen molar-refractivity contribution in [2.24, 2.45) is 10.8 Å². The summed E-state index contributed by atoms with van der Waals surface area (Å²) in [5, 5.41) is 5.47. The molecule has 1 amide bonds. The molecule has 9 heteroatoms. The van der Waals surface area contributed by atoms with E-state index >= 15 is 0 Å². The Morgan fingerprint density at radius 3 is 2.55 bits per heavy atom. The molecule has 0 atom stereocenters. The molecule has 0 bridgehead atoms. The van der Waals surface area contributed by atoms with Crippen LogP contribution in [0.5, 0.6) is 5.75 Å². The molecule has 1 aromatic carbocycles. The second kappa shape index (κ2) is 11.4. The molecule has 2 aliphatic rings. The fourth-order valence-electron chi connectivity index (χ4n) is 4.13. The van der Waals surface area contributed by atoms with Crippen molar-refractivity contribution < 1.29 is 13.9 Å². The maximum Gasteiger partial charge on any atom is 0.240 e. The second-order valence-electron chi connectivity index (χ2n) is 8.43. The van der Waals surface area contributed by atoms with Crippen molar-refractivity contribution in [2.75, 3.05) is 6.54 Å². The fraction of sp³-hybridized carbons (Fsp3) is 0.545. The molecular formula is C22H32Cl3N3O3. The first-order chi connectivity index (χ1) is 13.5. The van der Waals surface area contributed by atoms with Crippen molar-refractivity contribution in [3.63, 3.8) is 0 Å². The van der Waals surface area contributed by atoms with Gasteiger partial charge in [0.15, 0.2) is 0 Å². The number of nitrogens with zero attached hydrogens (tertiary/aromatic N) is 1. The summed E-state index contributed by atoms with van der Waals surface area (Å²) in [5.41, 5.74) is 12.9. The number of halogens is 3. The SMILES string of the molecule is CC1(C)CCc2cc3c4c(/c(=N\NC(=O)CCCN)oc3cc2O1)CCCC4.Cl.Cl.Cl. The molecule has 2 heterocycles. The molecule has 3 N–H and O–H groups in total. The normalized spacial score (nSPS) is 16.5. The quantitative estimate of drug-likeness (QED) is 0.621. The molecule has 1 aliphatic heterocycles.